The van der Waals surface area contributed by atoms with Gasteiger partial charge in [-0.1, -0.05) is 0 Å². The summed E-state index contributed by atoms with van der Waals surface area (Å²) in [5.74, 6) is -0.431. The third-order valence-corrected chi connectivity index (χ3v) is 3.70. The SMILES string of the molecule is O=S1(=O)CC[C@@H](OS(=O)(=O)O)C1. The molecule has 0 unspecified atom stereocenters. The van der Waals surface area contributed by atoms with Crippen LogP contribution in [0.4, 0.5) is 0 Å². The first kappa shape index (κ1) is 9.90. The lowest BCUT2D eigenvalue weighted by Gasteiger charge is -2.03. The quantitative estimate of drug-likeness (QED) is 0.594. The first-order chi connectivity index (χ1) is 5.29. The van der Waals surface area contributed by atoms with Crippen LogP contribution in [-0.2, 0) is 24.4 Å². The molecule has 1 aliphatic rings. The van der Waals surface area contributed by atoms with Crippen LogP contribution in [0.1, 0.15) is 6.42 Å². The number of sulfone groups is 1. The Morgan fingerprint density at radius 2 is 2.00 bits per heavy atom. The molecular formula is C4H8O6S2. The predicted octanol–water partition coefficient (Wildman–Crippen LogP) is -1.01. The van der Waals surface area contributed by atoms with Crippen molar-refractivity contribution in [2.75, 3.05) is 11.5 Å². The van der Waals surface area contributed by atoms with Gasteiger partial charge in [0, 0.05) is 0 Å². The summed E-state index contributed by atoms with van der Waals surface area (Å²) in [6.45, 7) is 0. The minimum absolute atomic E-state index is 0.0901. The number of hydrogen-bond acceptors (Lipinski definition) is 5. The zero-order chi connectivity index (χ0) is 9.41. The summed E-state index contributed by atoms with van der Waals surface area (Å²) in [5, 5.41) is 0. The van der Waals surface area contributed by atoms with Gasteiger partial charge >= 0.3 is 10.4 Å². The lowest BCUT2D eigenvalue weighted by atomic mass is 10.3. The van der Waals surface area contributed by atoms with Crippen LogP contribution in [0.25, 0.3) is 0 Å². The van der Waals surface area contributed by atoms with Crippen molar-refractivity contribution in [2.24, 2.45) is 0 Å². The smallest absolute Gasteiger partial charge is 0.264 e. The molecule has 6 nitrogen and oxygen atoms in total. The second-order valence-corrected chi connectivity index (χ2v) is 5.83. The van der Waals surface area contributed by atoms with Gasteiger partial charge in [-0.2, -0.15) is 8.42 Å². The first-order valence-electron chi connectivity index (χ1n) is 3.15. The Morgan fingerprint density at radius 3 is 2.33 bits per heavy atom. The monoisotopic (exact) mass is 216 g/mol. The lowest BCUT2D eigenvalue weighted by Crippen LogP contribution is -2.18. The van der Waals surface area contributed by atoms with Crippen molar-refractivity contribution in [2.45, 2.75) is 12.5 Å². The second-order valence-electron chi connectivity index (χ2n) is 2.55. The van der Waals surface area contributed by atoms with Crippen LogP contribution in [0.15, 0.2) is 0 Å². The molecule has 1 atom stereocenters. The van der Waals surface area contributed by atoms with E-state index >= 15 is 0 Å². The van der Waals surface area contributed by atoms with Crippen molar-refractivity contribution in [3.63, 3.8) is 0 Å². The van der Waals surface area contributed by atoms with Crippen molar-refractivity contribution in [1.29, 1.82) is 0 Å². The maximum atomic E-state index is 10.8. The molecule has 1 saturated heterocycles. The normalized spacial score (nSPS) is 28.9. The Balaban J connectivity index is 2.61. The fraction of sp³-hybridized carbons (Fsp3) is 1.00. The van der Waals surface area contributed by atoms with Crippen molar-refractivity contribution in [1.82, 2.24) is 0 Å². The standard InChI is InChI=1S/C4H8O6S2/c5-11(6)2-1-4(3-11)10-12(7,8)9/h4H,1-3H2,(H,7,8,9)/t4-/m1/s1. The van der Waals surface area contributed by atoms with Gasteiger partial charge in [-0.25, -0.2) is 12.6 Å². The highest BCUT2D eigenvalue weighted by Gasteiger charge is 2.31. The van der Waals surface area contributed by atoms with E-state index in [1.807, 2.05) is 0 Å². The van der Waals surface area contributed by atoms with E-state index in [2.05, 4.69) is 4.18 Å². The number of rotatable bonds is 2. The Labute approximate surface area is 70.4 Å². The summed E-state index contributed by atoms with van der Waals surface area (Å²) in [4.78, 5) is 0. The van der Waals surface area contributed by atoms with Crippen molar-refractivity contribution in [3.05, 3.63) is 0 Å². The second kappa shape index (κ2) is 2.95. The van der Waals surface area contributed by atoms with Gasteiger partial charge in [-0.15, -0.1) is 0 Å². The molecule has 0 amide bonds. The summed E-state index contributed by atoms with van der Waals surface area (Å²) in [6.07, 6.45) is -0.813. The molecule has 0 aromatic heterocycles. The minimum Gasteiger partial charge on any atom is -0.264 e. The molecule has 1 rings (SSSR count). The molecule has 1 aliphatic heterocycles. The third-order valence-electron chi connectivity index (χ3n) is 1.45. The van der Waals surface area contributed by atoms with Gasteiger partial charge in [-0.3, -0.25) is 4.55 Å². The molecule has 1 heterocycles. The predicted molar refractivity (Wildman–Crippen MR) is 39.7 cm³/mol. The molecule has 0 bridgehead atoms. The van der Waals surface area contributed by atoms with Gasteiger partial charge in [0.2, 0.25) is 0 Å². The summed E-state index contributed by atoms with van der Waals surface area (Å²) in [5.41, 5.74) is 0. The van der Waals surface area contributed by atoms with Crippen LogP contribution in [0, 0.1) is 0 Å². The maximum Gasteiger partial charge on any atom is 0.397 e. The van der Waals surface area contributed by atoms with E-state index in [-0.39, 0.29) is 17.9 Å². The Kier molecular flexibility index (Phi) is 2.43. The van der Waals surface area contributed by atoms with E-state index in [0.29, 0.717) is 0 Å². The van der Waals surface area contributed by atoms with Crippen molar-refractivity contribution < 1.29 is 25.6 Å². The number of hydrogen-bond donors (Lipinski definition) is 1. The van der Waals surface area contributed by atoms with E-state index in [9.17, 15) is 16.8 Å². The average molecular weight is 216 g/mol. The van der Waals surface area contributed by atoms with E-state index in [4.69, 9.17) is 4.55 Å². The van der Waals surface area contributed by atoms with E-state index < -0.39 is 26.3 Å². The fourth-order valence-electron chi connectivity index (χ4n) is 1.01. The first-order valence-corrected chi connectivity index (χ1v) is 6.33. The van der Waals surface area contributed by atoms with Gasteiger partial charge < -0.3 is 0 Å². The molecule has 0 aromatic carbocycles. The van der Waals surface area contributed by atoms with Crippen LogP contribution in [0.5, 0.6) is 0 Å². The molecule has 72 valence electrons. The van der Waals surface area contributed by atoms with Crippen LogP contribution < -0.4 is 0 Å². The maximum absolute atomic E-state index is 10.8. The van der Waals surface area contributed by atoms with Gasteiger partial charge in [0.1, 0.15) is 0 Å². The van der Waals surface area contributed by atoms with Crippen molar-refractivity contribution >= 4 is 20.2 Å². The van der Waals surface area contributed by atoms with Gasteiger partial charge in [0.15, 0.2) is 9.84 Å². The Morgan fingerprint density at radius 1 is 1.42 bits per heavy atom. The van der Waals surface area contributed by atoms with E-state index in [1.165, 1.54) is 0 Å². The molecule has 1 N–H and O–H groups in total. The molecular weight excluding hydrogens is 208 g/mol. The Hall–Kier alpha value is -0.180. The zero-order valence-electron chi connectivity index (χ0n) is 6.00. The lowest BCUT2D eigenvalue weighted by molar-refractivity contribution is 0.203. The van der Waals surface area contributed by atoms with E-state index in [0.717, 1.165) is 0 Å². The molecule has 0 aromatic rings. The van der Waals surface area contributed by atoms with Gasteiger partial charge in [0.25, 0.3) is 0 Å². The third kappa shape index (κ3) is 3.05. The highest BCUT2D eigenvalue weighted by molar-refractivity contribution is 7.91. The summed E-state index contributed by atoms with van der Waals surface area (Å²) in [6, 6.07) is 0. The minimum atomic E-state index is -4.52. The topological polar surface area (TPSA) is 97.7 Å². The molecule has 8 heteroatoms. The van der Waals surface area contributed by atoms with Crippen molar-refractivity contribution in [3.8, 4) is 0 Å². The van der Waals surface area contributed by atoms with Crippen LogP contribution >= 0.6 is 0 Å². The van der Waals surface area contributed by atoms with E-state index in [1.54, 1.807) is 0 Å². The molecule has 0 spiro atoms. The highest BCUT2D eigenvalue weighted by Crippen LogP contribution is 2.15. The van der Waals surface area contributed by atoms with Crippen LogP contribution in [0.3, 0.4) is 0 Å². The van der Waals surface area contributed by atoms with Crippen LogP contribution in [-0.4, -0.2) is 39.0 Å². The highest BCUT2D eigenvalue weighted by atomic mass is 32.3. The average Bonchev–Trinajstić information content (AvgIpc) is 2.05. The largest absolute Gasteiger partial charge is 0.397 e. The molecule has 0 aliphatic carbocycles. The fourth-order valence-corrected chi connectivity index (χ4v) is 3.19. The summed E-state index contributed by atoms with van der Waals surface area (Å²) >= 11 is 0. The summed E-state index contributed by atoms with van der Waals surface area (Å²) < 4.78 is 54.1. The zero-order valence-corrected chi connectivity index (χ0v) is 7.64. The molecule has 0 radical (unpaired) electrons. The van der Waals surface area contributed by atoms with Crippen LogP contribution in [0.2, 0.25) is 0 Å². The molecule has 12 heavy (non-hydrogen) atoms. The Bertz CT molecular complexity index is 351. The molecule has 1 fully saturated rings. The van der Waals surface area contributed by atoms with Gasteiger partial charge in [0.05, 0.1) is 17.6 Å². The summed E-state index contributed by atoms with van der Waals surface area (Å²) in [7, 11) is -7.69. The van der Waals surface area contributed by atoms with Gasteiger partial charge in [-0.05, 0) is 6.42 Å². The molecule has 0 saturated carbocycles.